The van der Waals surface area contributed by atoms with Gasteiger partial charge in [-0.1, -0.05) is 13.8 Å². The third-order valence-corrected chi connectivity index (χ3v) is 3.24. The van der Waals surface area contributed by atoms with E-state index in [1.165, 1.54) is 12.1 Å². The molecule has 0 radical (unpaired) electrons. The lowest BCUT2D eigenvalue weighted by molar-refractivity contribution is 0.0939. The highest BCUT2D eigenvalue weighted by Gasteiger charge is 2.22. The number of carbonyl (C=O) groups excluding carboxylic acids is 1. The van der Waals surface area contributed by atoms with Crippen LogP contribution in [0.1, 0.15) is 37.0 Å². The van der Waals surface area contributed by atoms with Gasteiger partial charge in [-0.2, -0.15) is 0 Å². The van der Waals surface area contributed by atoms with E-state index in [2.05, 4.69) is 5.32 Å². The second kappa shape index (κ2) is 5.73. The lowest BCUT2D eigenvalue weighted by atomic mass is 9.94. The lowest BCUT2D eigenvalue weighted by Crippen LogP contribution is -2.49. The SMILES string of the molecule is CCC(N)(CC)CNC(=O)c1ccc(O)cc1O. The fourth-order valence-electron chi connectivity index (χ4n) is 1.56. The summed E-state index contributed by atoms with van der Waals surface area (Å²) in [7, 11) is 0. The molecule has 0 saturated heterocycles. The van der Waals surface area contributed by atoms with Gasteiger partial charge in [0.25, 0.3) is 5.91 Å². The molecule has 0 heterocycles. The highest BCUT2D eigenvalue weighted by molar-refractivity contribution is 5.97. The number of phenolic OH excluding ortho intramolecular Hbond substituents is 2. The normalized spacial score (nSPS) is 11.3. The molecule has 0 bridgehead atoms. The maximum Gasteiger partial charge on any atom is 0.255 e. The first-order chi connectivity index (χ1) is 8.41. The minimum absolute atomic E-state index is 0.0839. The number of rotatable bonds is 5. The van der Waals surface area contributed by atoms with Crippen molar-refractivity contribution in [3.8, 4) is 11.5 Å². The number of carbonyl (C=O) groups is 1. The summed E-state index contributed by atoms with van der Waals surface area (Å²) in [6.45, 7) is 4.28. The fraction of sp³-hybridized carbons (Fsp3) is 0.462. The van der Waals surface area contributed by atoms with Gasteiger partial charge >= 0.3 is 0 Å². The average molecular weight is 252 g/mol. The molecule has 0 unspecified atom stereocenters. The summed E-state index contributed by atoms with van der Waals surface area (Å²) in [6.07, 6.45) is 1.51. The maximum absolute atomic E-state index is 11.8. The molecule has 0 saturated carbocycles. The van der Waals surface area contributed by atoms with Crippen LogP contribution in [0.2, 0.25) is 0 Å². The number of hydrogen-bond acceptors (Lipinski definition) is 4. The van der Waals surface area contributed by atoms with Crippen LogP contribution in [0.25, 0.3) is 0 Å². The van der Waals surface area contributed by atoms with Crippen molar-refractivity contribution in [2.75, 3.05) is 6.54 Å². The Morgan fingerprint density at radius 2 is 1.94 bits per heavy atom. The zero-order valence-electron chi connectivity index (χ0n) is 10.7. The van der Waals surface area contributed by atoms with Crippen LogP contribution in [-0.4, -0.2) is 28.2 Å². The van der Waals surface area contributed by atoms with Gasteiger partial charge in [0.15, 0.2) is 0 Å². The first-order valence-corrected chi connectivity index (χ1v) is 6.01. The largest absolute Gasteiger partial charge is 0.508 e. The number of benzene rings is 1. The minimum atomic E-state index is -0.428. The fourth-order valence-corrected chi connectivity index (χ4v) is 1.56. The van der Waals surface area contributed by atoms with Gasteiger partial charge in [-0.05, 0) is 25.0 Å². The Labute approximate surface area is 107 Å². The molecule has 0 atom stereocenters. The van der Waals surface area contributed by atoms with Crippen LogP contribution in [0.4, 0.5) is 0 Å². The quantitative estimate of drug-likeness (QED) is 0.636. The summed E-state index contributed by atoms with van der Waals surface area (Å²) in [5, 5.41) is 21.4. The van der Waals surface area contributed by atoms with Crippen LogP contribution >= 0.6 is 0 Å². The Kier molecular flexibility index (Phi) is 4.55. The van der Waals surface area contributed by atoms with Crippen molar-refractivity contribution in [3.05, 3.63) is 23.8 Å². The molecule has 1 rings (SSSR count). The predicted molar refractivity (Wildman–Crippen MR) is 69.6 cm³/mol. The van der Waals surface area contributed by atoms with Crippen molar-refractivity contribution in [2.45, 2.75) is 32.2 Å². The topological polar surface area (TPSA) is 95.6 Å². The van der Waals surface area contributed by atoms with E-state index in [1.54, 1.807) is 0 Å². The van der Waals surface area contributed by atoms with Gasteiger partial charge in [0.05, 0.1) is 5.56 Å². The van der Waals surface area contributed by atoms with Crippen molar-refractivity contribution < 1.29 is 15.0 Å². The summed E-state index contributed by atoms with van der Waals surface area (Å²) in [4.78, 5) is 11.8. The molecule has 1 aromatic rings. The lowest BCUT2D eigenvalue weighted by Gasteiger charge is -2.26. The molecule has 0 aromatic heterocycles. The van der Waals surface area contributed by atoms with Crippen LogP contribution in [0, 0.1) is 0 Å². The van der Waals surface area contributed by atoms with Crippen molar-refractivity contribution in [1.29, 1.82) is 0 Å². The molecular formula is C13H20N2O3. The van der Waals surface area contributed by atoms with Gasteiger partial charge in [0, 0.05) is 18.2 Å². The number of hydrogen-bond donors (Lipinski definition) is 4. The second-order valence-corrected chi connectivity index (χ2v) is 4.45. The van der Waals surface area contributed by atoms with Gasteiger partial charge in [-0.15, -0.1) is 0 Å². The molecule has 0 spiro atoms. The van der Waals surface area contributed by atoms with Crippen LogP contribution in [0.3, 0.4) is 0 Å². The Balaban J connectivity index is 2.71. The molecule has 5 N–H and O–H groups in total. The van der Waals surface area contributed by atoms with Gasteiger partial charge < -0.3 is 21.3 Å². The van der Waals surface area contributed by atoms with E-state index < -0.39 is 11.4 Å². The minimum Gasteiger partial charge on any atom is -0.508 e. The summed E-state index contributed by atoms with van der Waals surface area (Å²) >= 11 is 0. The third-order valence-electron chi connectivity index (χ3n) is 3.24. The maximum atomic E-state index is 11.8. The Morgan fingerprint density at radius 3 is 2.44 bits per heavy atom. The highest BCUT2D eigenvalue weighted by atomic mass is 16.3. The predicted octanol–water partition coefficient (Wildman–Crippen LogP) is 1.35. The molecule has 100 valence electrons. The van der Waals surface area contributed by atoms with Crippen LogP contribution in [0.5, 0.6) is 11.5 Å². The third kappa shape index (κ3) is 3.37. The van der Waals surface area contributed by atoms with Crippen LogP contribution < -0.4 is 11.1 Å². The number of phenols is 2. The molecule has 0 aliphatic carbocycles. The standard InChI is InChI=1S/C13H20N2O3/c1-3-13(14,4-2)8-15-12(18)10-6-5-9(16)7-11(10)17/h5-7,16-17H,3-4,8,14H2,1-2H3,(H,15,18). The zero-order chi connectivity index (χ0) is 13.8. The van der Waals surface area contributed by atoms with Gasteiger partial charge in [0.1, 0.15) is 11.5 Å². The molecular weight excluding hydrogens is 232 g/mol. The number of nitrogens with one attached hydrogen (secondary N) is 1. The number of nitrogens with two attached hydrogens (primary N) is 1. The zero-order valence-corrected chi connectivity index (χ0v) is 10.7. The molecule has 0 aliphatic heterocycles. The van der Waals surface area contributed by atoms with E-state index in [1.807, 2.05) is 13.8 Å². The smallest absolute Gasteiger partial charge is 0.255 e. The van der Waals surface area contributed by atoms with Crippen molar-refractivity contribution in [1.82, 2.24) is 5.32 Å². The molecule has 0 fully saturated rings. The molecule has 1 aromatic carbocycles. The molecule has 1 amide bonds. The van der Waals surface area contributed by atoms with Crippen molar-refractivity contribution in [3.63, 3.8) is 0 Å². The number of amides is 1. The van der Waals surface area contributed by atoms with E-state index in [0.717, 1.165) is 18.9 Å². The van der Waals surface area contributed by atoms with E-state index in [0.29, 0.717) is 6.54 Å². The summed E-state index contributed by atoms with van der Waals surface area (Å²) in [5.41, 5.74) is 5.77. The summed E-state index contributed by atoms with van der Waals surface area (Å²) in [5.74, 6) is -0.730. The van der Waals surface area contributed by atoms with E-state index in [-0.39, 0.29) is 17.1 Å². The molecule has 18 heavy (non-hydrogen) atoms. The van der Waals surface area contributed by atoms with Crippen LogP contribution in [0.15, 0.2) is 18.2 Å². The van der Waals surface area contributed by atoms with Gasteiger partial charge in [0.2, 0.25) is 0 Å². The molecule has 0 aliphatic rings. The Morgan fingerprint density at radius 1 is 1.33 bits per heavy atom. The Bertz CT molecular complexity index is 428. The van der Waals surface area contributed by atoms with Crippen molar-refractivity contribution >= 4 is 5.91 Å². The van der Waals surface area contributed by atoms with Crippen LogP contribution in [-0.2, 0) is 0 Å². The second-order valence-electron chi connectivity index (χ2n) is 4.45. The first-order valence-electron chi connectivity index (χ1n) is 6.01. The van der Waals surface area contributed by atoms with Gasteiger partial charge in [-0.3, -0.25) is 4.79 Å². The summed E-state index contributed by atoms with van der Waals surface area (Å²) < 4.78 is 0. The Hall–Kier alpha value is -1.75. The number of aromatic hydroxyl groups is 2. The molecule has 5 nitrogen and oxygen atoms in total. The monoisotopic (exact) mass is 252 g/mol. The highest BCUT2D eigenvalue weighted by Crippen LogP contribution is 2.22. The van der Waals surface area contributed by atoms with E-state index in [4.69, 9.17) is 10.8 Å². The van der Waals surface area contributed by atoms with Gasteiger partial charge in [-0.25, -0.2) is 0 Å². The first kappa shape index (κ1) is 14.3. The van der Waals surface area contributed by atoms with Crippen molar-refractivity contribution in [2.24, 2.45) is 5.73 Å². The van der Waals surface area contributed by atoms with E-state index >= 15 is 0 Å². The van der Waals surface area contributed by atoms with E-state index in [9.17, 15) is 9.90 Å². The summed E-state index contributed by atoms with van der Waals surface area (Å²) in [6, 6.07) is 3.85. The average Bonchev–Trinajstić information content (AvgIpc) is 2.35. The molecule has 5 heteroatoms.